The van der Waals surface area contributed by atoms with Gasteiger partial charge in [0, 0.05) is 12.1 Å². The van der Waals surface area contributed by atoms with Crippen molar-refractivity contribution in [3.63, 3.8) is 0 Å². The highest BCUT2D eigenvalue weighted by atomic mass is 16.6. The van der Waals surface area contributed by atoms with Gasteiger partial charge in [-0.3, -0.25) is 0 Å². The third kappa shape index (κ3) is 6.61. The first-order valence-corrected chi connectivity index (χ1v) is 9.63. The Morgan fingerprint density at radius 3 is 1.61 bits per heavy atom. The first-order valence-electron chi connectivity index (χ1n) is 9.63. The maximum Gasteiger partial charge on any atom is 0.407 e. The molecule has 2 aromatic carbocycles. The summed E-state index contributed by atoms with van der Waals surface area (Å²) in [7, 11) is 0. The van der Waals surface area contributed by atoms with Crippen molar-refractivity contribution >= 4 is 12.2 Å². The number of amides is 2. The molecule has 2 N–H and O–H groups in total. The van der Waals surface area contributed by atoms with E-state index in [9.17, 15) is 9.59 Å². The predicted octanol–water partition coefficient (Wildman–Crippen LogP) is 4.15. The molecule has 1 aliphatic rings. The zero-order valence-electron chi connectivity index (χ0n) is 15.8. The molecule has 2 aromatic rings. The van der Waals surface area contributed by atoms with Crippen molar-refractivity contribution in [1.82, 2.24) is 10.6 Å². The molecule has 0 aromatic heterocycles. The fourth-order valence-corrected chi connectivity index (χ4v) is 3.31. The summed E-state index contributed by atoms with van der Waals surface area (Å²) in [5.41, 5.74) is 1.89. The summed E-state index contributed by atoms with van der Waals surface area (Å²) in [6.45, 7) is 0.486. The third-order valence-corrected chi connectivity index (χ3v) is 4.74. The van der Waals surface area contributed by atoms with Crippen LogP contribution in [0, 0.1) is 0 Å². The van der Waals surface area contributed by atoms with E-state index in [-0.39, 0.29) is 25.3 Å². The van der Waals surface area contributed by atoms with Gasteiger partial charge in [-0.1, -0.05) is 60.7 Å². The second-order valence-corrected chi connectivity index (χ2v) is 6.97. The predicted molar refractivity (Wildman–Crippen MR) is 106 cm³/mol. The molecule has 3 rings (SSSR count). The summed E-state index contributed by atoms with van der Waals surface area (Å²) in [5, 5.41) is 5.79. The summed E-state index contributed by atoms with van der Waals surface area (Å²) in [5.74, 6) is 0. The Bertz CT molecular complexity index is 688. The SMILES string of the molecule is O=C(N[C@@H]1CCC[C@@H](NC(=O)OCc2ccccc2)C1)OCc1ccccc1. The van der Waals surface area contributed by atoms with Crippen molar-refractivity contribution in [3.05, 3.63) is 71.8 Å². The summed E-state index contributed by atoms with van der Waals surface area (Å²) < 4.78 is 10.5. The molecule has 0 bridgehead atoms. The standard InChI is InChI=1S/C22H26N2O4/c25-21(27-15-17-8-3-1-4-9-17)23-19-12-7-13-20(14-19)24-22(26)28-16-18-10-5-2-6-11-18/h1-6,8-11,19-20H,7,12-16H2,(H,23,25)(H,24,26)/t19-,20-/m1/s1. The monoisotopic (exact) mass is 382 g/mol. The molecule has 0 unspecified atom stereocenters. The number of alkyl carbamates (subject to hydrolysis) is 2. The maximum absolute atomic E-state index is 12.0. The van der Waals surface area contributed by atoms with E-state index in [2.05, 4.69) is 10.6 Å². The molecule has 0 saturated heterocycles. The lowest BCUT2D eigenvalue weighted by Gasteiger charge is -2.29. The van der Waals surface area contributed by atoms with Crippen molar-refractivity contribution < 1.29 is 19.1 Å². The zero-order chi connectivity index (χ0) is 19.6. The van der Waals surface area contributed by atoms with E-state index in [1.54, 1.807) is 0 Å². The molecule has 1 fully saturated rings. The summed E-state index contributed by atoms with van der Waals surface area (Å²) >= 11 is 0. The van der Waals surface area contributed by atoms with Crippen molar-refractivity contribution in [2.75, 3.05) is 0 Å². The summed E-state index contributed by atoms with van der Waals surface area (Å²) in [6, 6.07) is 19.1. The fourth-order valence-electron chi connectivity index (χ4n) is 3.31. The number of rotatable bonds is 6. The van der Waals surface area contributed by atoms with Gasteiger partial charge < -0.3 is 20.1 Å². The van der Waals surface area contributed by atoms with Gasteiger partial charge in [0.15, 0.2) is 0 Å². The Kier molecular flexibility index (Phi) is 7.29. The van der Waals surface area contributed by atoms with Crippen LogP contribution in [-0.2, 0) is 22.7 Å². The average molecular weight is 382 g/mol. The number of ether oxygens (including phenoxy) is 2. The third-order valence-electron chi connectivity index (χ3n) is 4.74. The minimum atomic E-state index is -0.429. The highest BCUT2D eigenvalue weighted by Crippen LogP contribution is 2.19. The number of benzene rings is 2. The lowest BCUT2D eigenvalue weighted by molar-refractivity contribution is 0.125. The lowest BCUT2D eigenvalue weighted by atomic mass is 9.91. The molecule has 2 amide bonds. The zero-order valence-corrected chi connectivity index (χ0v) is 15.8. The number of hydrogen-bond donors (Lipinski definition) is 2. The van der Waals surface area contributed by atoms with E-state index < -0.39 is 12.2 Å². The van der Waals surface area contributed by atoms with E-state index in [4.69, 9.17) is 9.47 Å². The number of nitrogens with one attached hydrogen (secondary N) is 2. The van der Waals surface area contributed by atoms with Crippen LogP contribution in [-0.4, -0.2) is 24.3 Å². The largest absolute Gasteiger partial charge is 0.445 e. The van der Waals surface area contributed by atoms with Crippen LogP contribution in [0.3, 0.4) is 0 Å². The normalized spacial score (nSPS) is 18.7. The molecule has 28 heavy (non-hydrogen) atoms. The first-order chi connectivity index (χ1) is 13.7. The Hall–Kier alpha value is -3.02. The Morgan fingerprint density at radius 2 is 1.18 bits per heavy atom. The van der Waals surface area contributed by atoms with Crippen LogP contribution in [0.5, 0.6) is 0 Å². The van der Waals surface area contributed by atoms with Crippen LogP contribution in [0.4, 0.5) is 9.59 Å². The molecule has 148 valence electrons. The van der Waals surface area contributed by atoms with Gasteiger partial charge in [-0.25, -0.2) is 9.59 Å². The van der Waals surface area contributed by atoms with Gasteiger partial charge in [0.1, 0.15) is 13.2 Å². The Balaban J connectivity index is 1.37. The molecule has 1 aliphatic carbocycles. The van der Waals surface area contributed by atoms with Crippen LogP contribution < -0.4 is 10.6 Å². The molecule has 0 heterocycles. The van der Waals surface area contributed by atoms with Crippen molar-refractivity contribution in [3.8, 4) is 0 Å². The molecule has 6 heteroatoms. The maximum atomic E-state index is 12.0. The van der Waals surface area contributed by atoms with Crippen LogP contribution in [0.2, 0.25) is 0 Å². The number of carbonyl (C=O) groups is 2. The van der Waals surface area contributed by atoms with E-state index >= 15 is 0 Å². The Labute approximate surface area is 165 Å². The lowest BCUT2D eigenvalue weighted by Crippen LogP contribution is -2.46. The van der Waals surface area contributed by atoms with Crippen LogP contribution in [0.1, 0.15) is 36.8 Å². The van der Waals surface area contributed by atoms with Gasteiger partial charge in [-0.15, -0.1) is 0 Å². The van der Waals surface area contributed by atoms with E-state index in [0.717, 1.165) is 30.4 Å². The second kappa shape index (κ2) is 10.3. The molecule has 6 nitrogen and oxygen atoms in total. The van der Waals surface area contributed by atoms with Crippen molar-refractivity contribution in [2.45, 2.75) is 51.0 Å². The van der Waals surface area contributed by atoms with Crippen molar-refractivity contribution in [1.29, 1.82) is 0 Å². The highest BCUT2D eigenvalue weighted by Gasteiger charge is 2.25. The van der Waals surface area contributed by atoms with Crippen molar-refractivity contribution in [2.24, 2.45) is 0 Å². The first kappa shape index (κ1) is 19.7. The van der Waals surface area contributed by atoms with Crippen LogP contribution in [0.25, 0.3) is 0 Å². The number of carbonyl (C=O) groups excluding carboxylic acids is 2. The van der Waals surface area contributed by atoms with Crippen LogP contribution in [0.15, 0.2) is 60.7 Å². The van der Waals surface area contributed by atoms with Crippen LogP contribution >= 0.6 is 0 Å². The van der Waals surface area contributed by atoms with E-state index in [1.165, 1.54) is 0 Å². The number of hydrogen-bond acceptors (Lipinski definition) is 4. The van der Waals surface area contributed by atoms with Gasteiger partial charge in [-0.05, 0) is 36.8 Å². The fraction of sp³-hybridized carbons (Fsp3) is 0.364. The molecular weight excluding hydrogens is 356 g/mol. The molecule has 0 aliphatic heterocycles. The minimum absolute atomic E-state index is 0.0172. The van der Waals surface area contributed by atoms with Gasteiger partial charge >= 0.3 is 12.2 Å². The second-order valence-electron chi connectivity index (χ2n) is 6.97. The molecule has 0 spiro atoms. The van der Waals surface area contributed by atoms with Gasteiger partial charge in [0.05, 0.1) is 0 Å². The molecule has 1 saturated carbocycles. The topological polar surface area (TPSA) is 76.7 Å². The average Bonchev–Trinajstić information content (AvgIpc) is 2.72. The smallest absolute Gasteiger partial charge is 0.407 e. The molecular formula is C22H26N2O4. The van der Waals surface area contributed by atoms with Gasteiger partial charge in [0.2, 0.25) is 0 Å². The molecule has 0 radical (unpaired) electrons. The highest BCUT2D eigenvalue weighted by molar-refractivity contribution is 5.68. The summed E-state index contributed by atoms with van der Waals surface area (Å²) in [4.78, 5) is 24.1. The van der Waals surface area contributed by atoms with Gasteiger partial charge in [0.25, 0.3) is 0 Å². The van der Waals surface area contributed by atoms with E-state index in [1.807, 2.05) is 60.7 Å². The quantitative estimate of drug-likeness (QED) is 0.787. The molecule has 2 atom stereocenters. The summed E-state index contributed by atoms with van der Waals surface area (Å²) in [6.07, 6.45) is 2.48. The van der Waals surface area contributed by atoms with Gasteiger partial charge in [-0.2, -0.15) is 0 Å². The van der Waals surface area contributed by atoms with E-state index in [0.29, 0.717) is 6.42 Å². The minimum Gasteiger partial charge on any atom is -0.445 e. The Morgan fingerprint density at radius 1 is 0.750 bits per heavy atom.